The van der Waals surface area contributed by atoms with Crippen molar-refractivity contribution in [1.82, 2.24) is 4.90 Å². The molecule has 1 N–H and O–H groups in total. The third-order valence-electron chi connectivity index (χ3n) is 4.60. The van der Waals surface area contributed by atoms with Gasteiger partial charge >= 0.3 is 5.97 Å². The molecule has 0 saturated carbocycles. The van der Waals surface area contributed by atoms with Crippen molar-refractivity contribution in [3.05, 3.63) is 23.2 Å². The number of hydrogen-bond donors (Lipinski definition) is 1. The van der Waals surface area contributed by atoms with E-state index in [4.69, 9.17) is 4.42 Å². The van der Waals surface area contributed by atoms with E-state index in [2.05, 4.69) is 18.7 Å². The zero-order valence-corrected chi connectivity index (χ0v) is 12.9. The molecule has 2 atom stereocenters. The molecule has 1 aromatic heterocycles. The predicted molar refractivity (Wildman–Crippen MR) is 77.8 cm³/mol. The number of aryl methyl sites for hydroxylation is 2. The molecule has 1 aliphatic rings. The molecule has 1 fully saturated rings. The summed E-state index contributed by atoms with van der Waals surface area (Å²) in [5.41, 5.74) is 0.414. The van der Waals surface area contributed by atoms with Crippen LogP contribution in [0, 0.1) is 13.8 Å². The summed E-state index contributed by atoms with van der Waals surface area (Å²) >= 11 is 0. The van der Waals surface area contributed by atoms with Crippen LogP contribution >= 0.6 is 0 Å². The van der Waals surface area contributed by atoms with E-state index >= 15 is 0 Å². The average Bonchev–Trinajstić information content (AvgIpc) is 2.93. The Morgan fingerprint density at radius 3 is 2.75 bits per heavy atom. The van der Waals surface area contributed by atoms with Gasteiger partial charge in [0.15, 0.2) is 0 Å². The van der Waals surface area contributed by atoms with Crippen LogP contribution in [0.4, 0.5) is 0 Å². The van der Waals surface area contributed by atoms with Crippen molar-refractivity contribution in [3.63, 3.8) is 0 Å². The lowest BCUT2D eigenvalue weighted by molar-refractivity contribution is -0.151. The van der Waals surface area contributed by atoms with Crippen molar-refractivity contribution in [3.8, 4) is 0 Å². The minimum atomic E-state index is -0.703. The fourth-order valence-corrected chi connectivity index (χ4v) is 3.72. The van der Waals surface area contributed by atoms with Crippen LogP contribution in [0.25, 0.3) is 0 Å². The molecule has 2 rings (SSSR count). The van der Waals surface area contributed by atoms with Gasteiger partial charge in [-0.1, -0.05) is 13.3 Å². The molecule has 1 saturated heterocycles. The minimum absolute atomic E-state index is 0.0811. The first kappa shape index (κ1) is 15.1. The van der Waals surface area contributed by atoms with E-state index in [1.807, 2.05) is 19.9 Å². The van der Waals surface area contributed by atoms with Gasteiger partial charge in [-0.25, -0.2) is 0 Å². The summed E-state index contributed by atoms with van der Waals surface area (Å²) in [7, 11) is 0. The van der Waals surface area contributed by atoms with Crippen LogP contribution in [0.1, 0.15) is 62.7 Å². The van der Waals surface area contributed by atoms with E-state index in [1.165, 1.54) is 0 Å². The van der Waals surface area contributed by atoms with Crippen molar-refractivity contribution >= 4 is 5.97 Å². The van der Waals surface area contributed by atoms with E-state index in [9.17, 15) is 9.90 Å². The van der Waals surface area contributed by atoms with E-state index in [-0.39, 0.29) is 6.04 Å². The molecule has 0 aliphatic carbocycles. The Labute approximate surface area is 120 Å². The summed E-state index contributed by atoms with van der Waals surface area (Å²) in [6, 6.07) is 2.12. The van der Waals surface area contributed by atoms with E-state index < -0.39 is 11.5 Å². The number of carbonyl (C=O) groups is 1. The highest BCUT2D eigenvalue weighted by molar-refractivity contribution is 5.79. The Kier molecular flexibility index (Phi) is 4.23. The summed E-state index contributed by atoms with van der Waals surface area (Å²) in [6.07, 6.45) is 3.30. The molecule has 0 aromatic carbocycles. The standard InChI is InChI=1S/C16H25NO3/c1-5-7-16(15(18)19)8-6-9-17(16)12(3)14-10-11(2)20-13(14)4/h10,12H,5-9H2,1-4H3,(H,18,19). The van der Waals surface area contributed by atoms with Gasteiger partial charge in [0.05, 0.1) is 0 Å². The van der Waals surface area contributed by atoms with Crippen LogP contribution in [0.3, 0.4) is 0 Å². The van der Waals surface area contributed by atoms with Crippen LogP contribution < -0.4 is 0 Å². The monoisotopic (exact) mass is 279 g/mol. The van der Waals surface area contributed by atoms with E-state index in [0.29, 0.717) is 6.42 Å². The first-order valence-electron chi connectivity index (χ1n) is 7.49. The second-order valence-corrected chi connectivity index (χ2v) is 5.93. The van der Waals surface area contributed by atoms with Gasteiger partial charge in [-0.3, -0.25) is 9.69 Å². The van der Waals surface area contributed by atoms with Gasteiger partial charge < -0.3 is 9.52 Å². The lowest BCUT2D eigenvalue weighted by Gasteiger charge is -2.38. The Bertz CT molecular complexity index is 494. The van der Waals surface area contributed by atoms with Crippen molar-refractivity contribution in [2.75, 3.05) is 6.54 Å². The summed E-state index contributed by atoms with van der Waals surface area (Å²) in [6.45, 7) is 8.88. The molecule has 4 heteroatoms. The number of hydrogen-bond acceptors (Lipinski definition) is 3. The van der Waals surface area contributed by atoms with Gasteiger partial charge in [-0.05, 0) is 52.6 Å². The molecule has 2 unspecified atom stereocenters. The summed E-state index contributed by atoms with van der Waals surface area (Å²) in [5, 5.41) is 9.77. The lowest BCUT2D eigenvalue weighted by Crippen LogP contribution is -2.51. The van der Waals surface area contributed by atoms with Gasteiger partial charge in [0.25, 0.3) is 0 Å². The van der Waals surface area contributed by atoms with Crippen LogP contribution in [0.5, 0.6) is 0 Å². The lowest BCUT2D eigenvalue weighted by atomic mass is 9.89. The summed E-state index contributed by atoms with van der Waals surface area (Å²) in [4.78, 5) is 14.0. The van der Waals surface area contributed by atoms with Gasteiger partial charge in [0, 0.05) is 11.6 Å². The molecule has 2 heterocycles. The highest BCUT2D eigenvalue weighted by Gasteiger charge is 2.49. The number of likely N-dealkylation sites (tertiary alicyclic amines) is 1. The molecule has 4 nitrogen and oxygen atoms in total. The molecule has 0 radical (unpaired) electrons. The third-order valence-corrected chi connectivity index (χ3v) is 4.60. The molecule has 1 aromatic rings. The molecule has 0 bridgehead atoms. The normalized spacial score (nSPS) is 25.0. The largest absolute Gasteiger partial charge is 0.480 e. The van der Waals surface area contributed by atoms with Crippen LogP contribution in [0.2, 0.25) is 0 Å². The van der Waals surface area contributed by atoms with Gasteiger partial charge in [0.1, 0.15) is 17.1 Å². The smallest absolute Gasteiger partial charge is 0.324 e. The SMILES string of the molecule is CCCC1(C(=O)O)CCCN1C(C)c1cc(C)oc1C. The minimum Gasteiger partial charge on any atom is -0.480 e. The number of nitrogens with zero attached hydrogens (tertiary/aromatic N) is 1. The number of carboxylic acid groups (broad SMARTS) is 1. The first-order chi connectivity index (χ1) is 9.42. The highest BCUT2D eigenvalue weighted by Crippen LogP contribution is 2.41. The van der Waals surface area contributed by atoms with Crippen LogP contribution in [0.15, 0.2) is 10.5 Å². The second-order valence-electron chi connectivity index (χ2n) is 5.93. The van der Waals surface area contributed by atoms with E-state index in [1.54, 1.807) is 0 Å². The topological polar surface area (TPSA) is 53.7 Å². The third kappa shape index (κ3) is 2.37. The second kappa shape index (κ2) is 5.60. The molecule has 0 amide bonds. The number of furan rings is 1. The van der Waals surface area contributed by atoms with Crippen molar-refractivity contribution < 1.29 is 14.3 Å². The first-order valence-corrected chi connectivity index (χ1v) is 7.49. The van der Waals surface area contributed by atoms with Crippen molar-refractivity contribution in [2.45, 2.75) is 65.0 Å². The van der Waals surface area contributed by atoms with Crippen molar-refractivity contribution in [1.29, 1.82) is 0 Å². The van der Waals surface area contributed by atoms with Crippen LogP contribution in [-0.4, -0.2) is 28.1 Å². The zero-order chi connectivity index (χ0) is 14.9. The Morgan fingerprint density at radius 1 is 1.55 bits per heavy atom. The van der Waals surface area contributed by atoms with Gasteiger partial charge in [0.2, 0.25) is 0 Å². The maximum atomic E-state index is 11.9. The predicted octanol–water partition coefficient (Wildman–Crippen LogP) is 3.68. The average molecular weight is 279 g/mol. The molecule has 0 spiro atoms. The summed E-state index contributed by atoms with van der Waals surface area (Å²) in [5.74, 6) is 1.11. The quantitative estimate of drug-likeness (QED) is 0.893. The molecular formula is C16H25NO3. The maximum Gasteiger partial charge on any atom is 0.324 e. The molecule has 20 heavy (non-hydrogen) atoms. The highest BCUT2D eigenvalue weighted by atomic mass is 16.4. The Balaban J connectivity index is 2.34. The fourth-order valence-electron chi connectivity index (χ4n) is 3.72. The fraction of sp³-hybridized carbons (Fsp3) is 0.688. The maximum absolute atomic E-state index is 11.9. The van der Waals surface area contributed by atoms with Crippen molar-refractivity contribution in [2.24, 2.45) is 0 Å². The Hall–Kier alpha value is -1.29. The molecule has 1 aliphatic heterocycles. The Morgan fingerprint density at radius 2 is 2.25 bits per heavy atom. The van der Waals surface area contributed by atoms with Crippen LogP contribution in [-0.2, 0) is 4.79 Å². The zero-order valence-electron chi connectivity index (χ0n) is 12.9. The summed E-state index contributed by atoms with van der Waals surface area (Å²) < 4.78 is 5.61. The number of carboxylic acids is 1. The van der Waals surface area contributed by atoms with E-state index in [0.717, 1.165) is 42.9 Å². The number of aliphatic carboxylic acids is 1. The number of rotatable bonds is 5. The molecular weight excluding hydrogens is 254 g/mol. The molecule has 112 valence electrons. The van der Waals surface area contributed by atoms with Gasteiger partial charge in [-0.2, -0.15) is 0 Å². The van der Waals surface area contributed by atoms with Gasteiger partial charge in [-0.15, -0.1) is 0 Å².